The van der Waals surface area contributed by atoms with Gasteiger partial charge in [0.15, 0.2) is 0 Å². The number of hydrogen-bond donors (Lipinski definition) is 1. The van der Waals surface area contributed by atoms with Gasteiger partial charge in [-0.2, -0.15) is 0 Å². The van der Waals surface area contributed by atoms with Crippen LogP contribution in [0.2, 0.25) is 0 Å². The van der Waals surface area contributed by atoms with Crippen molar-refractivity contribution in [1.29, 1.82) is 0 Å². The second kappa shape index (κ2) is 5.54. The molecule has 2 nitrogen and oxygen atoms in total. The van der Waals surface area contributed by atoms with Gasteiger partial charge in [-0.3, -0.25) is 4.90 Å². The van der Waals surface area contributed by atoms with Gasteiger partial charge in [-0.25, -0.2) is 0 Å². The maximum atomic E-state index is 3.50. The summed E-state index contributed by atoms with van der Waals surface area (Å²) in [6.45, 7) is 7.02. The molecule has 1 saturated heterocycles. The molecule has 0 bridgehead atoms. The zero-order valence-electron chi connectivity index (χ0n) is 12.3. The Kier molecular flexibility index (Phi) is 3.79. The van der Waals surface area contributed by atoms with Crippen LogP contribution in [0, 0.1) is 0 Å². The fourth-order valence-corrected chi connectivity index (χ4v) is 3.62. The second-order valence-corrected chi connectivity index (χ2v) is 6.32. The SMILES string of the molecule is C[C@@H]1CCC[C@H](C)N1Cc1ccc2c(c1)CCCN2. The topological polar surface area (TPSA) is 15.3 Å². The van der Waals surface area contributed by atoms with Crippen molar-refractivity contribution in [3.8, 4) is 0 Å². The van der Waals surface area contributed by atoms with E-state index in [1.807, 2.05) is 0 Å². The van der Waals surface area contributed by atoms with Crippen molar-refractivity contribution < 1.29 is 0 Å². The van der Waals surface area contributed by atoms with Crippen molar-refractivity contribution in [3.05, 3.63) is 29.3 Å². The van der Waals surface area contributed by atoms with Crippen LogP contribution >= 0.6 is 0 Å². The predicted molar refractivity (Wildman–Crippen MR) is 81.6 cm³/mol. The first-order valence-corrected chi connectivity index (χ1v) is 7.85. The number of aryl methyl sites for hydroxylation is 1. The molecule has 0 aromatic heterocycles. The van der Waals surface area contributed by atoms with Crippen LogP contribution in [-0.4, -0.2) is 23.5 Å². The molecular weight excluding hydrogens is 232 g/mol. The molecule has 0 saturated carbocycles. The number of likely N-dealkylation sites (tertiary alicyclic amines) is 1. The van der Waals surface area contributed by atoms with Gasteiger partial charge in [-0.1, -0.05) is 18.6 Å². The van der Waals surface area contributed by atoms with E-state index < -0.39 is 0 Å². The van der Waals surface area contributed by atoms with Gasteiger partial charge >= 0.3 is 0 Å². The molecule has 1 aromatic carbocycles. The lowest BCUT2D eigenvalue weighted by Gasteiger charge is -2.39. The Labute approximate surface area is 117 Å². The fourth-order valence-electron chi connectivity index (χ4n) is 3.62. The molecule has 1 aromatic rings. The maximum absolute atomic E-state index is 3.50. The highest BCUT2D eigenvalue weighted by molar-refractivity contribution is 5.54. The lowest BCUT2D eigenvalue weighted by Crippen LogP contribution is -2.42. The Morgan fingerprint density at radius 2 is 1.95 bits per heavy atom. The summed E-state index contributed by atoms with van der Waals surface area (Å²) in [6, 6.07) is 8.49. The molecule has 0 amide bonds. The molecule has 2 aliphatic rings. The van der Waals surface area contributed by atoms with Crippen LogP contribution in [0.25, 0.3) is 0 Å². The van der Waals surface area contributed by atoms with E-state index in [1.54, 1.807) is 0 Å². The summed E-state index contributed by atoms with van der Waals surface area (Å²) in [7, 11) is 0. The van der Waals surface area contributed by atoms with Crippen LogP contribution in [-0.2, 0) is 13.0 Å². The smallest absolute Gasteiger partial charge is 0.0372 e. The monoisotopic (exact) mass is 258 g/mol. The Bertz CT molecular complexity index is 431. The molecule has 3 rings (SSSR count). The fraction of sp³-hybridized carbons (Fsp3) is 0.647. The number of fused-ring (bicyclic) bond motifs is 1. The Hall–Kier alpha value is -1.02. The molecule has 0 spiro atoms. The molecule has 2 heterocycles. The van der Waals surface area contributed by atoms with E-state index in [0.29, 0.717) is 0 Å². The van der Waals surface area contributed by atoms with Gasteiger partial charge in [0.2, 0.25) is 0 Å². The van der Waals surface area contributed by atoms with Gasteiger partial charge in [-0.15, -0.1) is 0 Å². The third-order valence-electron chi connectivity index (χ3n) is 4.85. The van der Waals surface area contributed by atoms with Crippen LogP contribution in [0.5, 0.6) is 0 Å². The molecular formula is C17H26N2. The zero-order chi connectivity index (χ0) is 13.2. The molecule has 1 N–H and O–H groups in total. The normalized spacial score (nSPS) is 27.7. The van der Waals surface area contributed by atoms with Gasteiger partial charge in [0.05, 0.1) is 0 Å². The van der Waals surface area contributed by atoms with E-state index >= 15 is 0 Å². The van der Waals surface area contributed by atoms with E-state index in [9.17, 15) is 0 Å². The standard InChI is InChI=1S/C17H26N2/c1-13-5-3-6-14(2)19(13)12-15-8-9-17-16(11-15)7-4-10-18-17/h8-9,11,13-14,18H,3-7,10,12H2,1-2H3/t13-,14+. The van der Waals surface area contributed by atoms with Crippen molar-refractivity contribution in [1.82, 2.24) is 4.90 Å². The largest absolute Gasteiger partial charge is 0.385 e. The summed E-state index contributed by atoms with van der Waals surface area (Å²) < 4.78 is 0. The summed E-state index contributed by atoms with van der Waals surface area (Å²) in [5.74, 6) is 0. The Morgan fingerprint density at radius 1 is 1.16 bits per heavy atom. The Morgan fingerprint density at radius 3 is 2.74 bits per heavy atom. The van der Waals surface area contributed by atoms with Crippen molar-refractivity contribution in [2.75, 3.05) is 11.9 Å². The zero-order valence-corrected chi connectivity index (χ0v) is 12.3. The Balaban J connectivity index is 1.75. The van der Waals surface area contributed by atoms with Gasteiger partial charge in [0.25, 0.3) is 0 Å². The molecule has 19 heavy (non-hydrogen) atoms. The van der Waals surface area contributed by atoms with E-state index in [2.05, 4.69) is 42.3 Å². The highest BCUT2D eigenvalue weighted by Gasteiger charge is 2.24. The molecule has 0 aliphatic carbocycles. The molecule has 2 aliphatic heterocycles. The molecule has 104 valence electrons. The number of piperidine rings is 1. The number of anilines is 1. The summed E-state index contributed by atoms with van der Waals surface area (Å²) in [5, 5.41) is 3.50. The summed E-state index contributed by atoms with van der Waals surface area (Å²) in [4.78, 5) is 2.68. The van der Waals surface area contributed by atoms with Crippen LogP contribution in [0.3, 0.4) is 0 Å². The van der Waals surface area contributed by atoms with Crippen LogP contribution < -0.4 is 5.32 Å². The molecule has 2 heteroatoms. The summed E-state index contributed by atoms with van der Waals surface area (Å²) >= 11 is 0. The number of benzene rings is 1. The van der Waals surface area contributed by atoms with Crippen molar-refractivity contribution in [3.63, 3.8) is 0 Å². The minimum Gasteiger partial charge on any atom is -0.385 e. The van der Waals surface area contributed by atoms with Gasteiger partial charge in [0.1, 0.15) is 0 Å². The van der Waals surface area contributed by atoms with E-state index in [4.69, 9.17) is 0 Å². The molecule has 1 fully saturated rings. The highest BCUT2D eigenvalue weighted by atomic mass is 15.2. The van der Waals surface area contributed by atoms with E-state index in [0.717, 1.165) is 25.2 Å². The van der Waals surface area contributed by atoms with E-state index in [1.165, 1.54) is 48.9 Å². The number of rotatable bonds is 2. The first-order valence-electron chi connectivity index (χ1n) is 7.85. The highest BCUT2D eigenvalue weighted by Crippen LogP contribution is 2.27. The van der Waals surface area contributed by atoms with Gasteiger partial charge in [0, 0.05) is 30.9 Å². The number of hydrogen-bond acceptors (Lipinski definition) is 2. The van der Waals surface area contributed by atoms with Crippen LogP contribution in [0.4, 0.5) is 5.69 Å². The minimum atomic E-state index is 0.734. The minimum absolute atomic E-state index is 0.734. The second-order valence-electron chi connectivity index (χ2n) is 6.32. The van der Waals surface area contributed by atoms with Crippen LogP contribution in [0.1, 0.15) is 50.7 Å². The molecule has 0 unspecified atom stereocenters. The number of nitrogens with one attached hydrogen (secondary N) is 1. The summed E-state index contributed by atoms with van der Waals surface area (Å²) in [6.07, 6.45) is 6.62. The van der Waals surface area contributed by atoms with Crippen LogP contribution in [0.15, 0.2) is 18.2 Å². The lowest BCUT2D eigenvalue weighted by molar-refractivity contribution is 0.0952. The third-order valence-corrected chi connectivity index (χ3v) is 4.85. The number of nitrogens with zero attached hydrogens (tertiary/aromatic N) is 1. The molecule has 0 radical (unpaired) electrons. The first kappa shape index (κ1) is 13.0. The quantitative estimate of drug-likeness (QED) is 0.868. The third kappa shape index (κ3) is 2.79. The van der Waals surface area contributed by atoms with Crippen molar-refractivity contribution in [2.45, 2.75) is 64.6 Å². The van der Waals surface area contributed by atoms with Crippen molar-refractivity contribution in [2.24, 2.45) is 0 Å². The average molecular weight is 258 g/mol. The van der Waals surface area contributed by atoms with E-state index in [-0.39, 0.29) is 0 Å². The maximum Gasteiger partial charge on any atom is 0.0372 e. The van der Waals surface area contributed by atoms with Gasteiger partial charge < -0.3 is 5.32 Å². The molecule has 2 atom stereocenters. The lowest BCUT2D eigenvalue weighted by atomic mass is 9.95. The van der Waals surface area contributed by atoms with Gasteiger partial charge in [-0.05, 0) is 56.7 Å². The predicted octanol–water partition coefficient (Wildman–Crippen LogP) is 3.81. The summed E-state index contributed by atoms with van der Waals surface area (Å²) in [5.41, 5.74) is 4.36. The van der Waals surface area contributed by atoms with Crippen molar-refractivity contribution >= 4 is 5.69 Å². The average Bonchev–Trinajstić information content (AvgIpc) is 2.43. The first-order chi connectivity index (χ1) is 9.24.